The number of carbonyl (C=O) groups is 2. The van der Waals surface area contributed by atoms with Crippen LogP contribution in [0.3, 0.4) is 0 Å². The van der Waals surface area contributed by atoms with Gasteiger partial charge < -0.3 is 16.7 Å². The Labute approximate surface area is 258 Å². The van der Waals surface area contributed by atoms with Crippen molar-refractivity contribution in [3.63, 3.8) is 0 Å². The maximum Gasteiger partial charge on any atom is 1.00 e. The molecular formula is C32H35LiN2O3S2. The van der Waals surface area contributed by atoms with Crippen LogP contribution in [0.25, 0.3) is 11.1 Å². The van der Waals surface area contributed by atoms with Crippen LogP contribution in [0, 0.1) is 13.8 Å². The van der Waals surface area contributed by atoms with Gasteiger partial charge in [-0.05, 0) is 89.2 Å². The summed E-state index contributed by atoms with van der Waals surface area (Å²) in [6, 6.07) is 25.5. The molecule has 2 N–H and O–H groups in total. The predicted octanol–water partition coefficient (Wildman–Crippen LogP) is 4.29. The number of aliphatic carboxylic acids is 1. The summed E-state index contributed by atoms with van der Waals surface area (Å²) in [7, 11) is 0. The second kappa shape index (κ2) is 15.2. The molecule has 1 amide bonds. The third-order valence-electron chi connectivity index (χ3n) is 6.69. The molecule has 3 aromatic carbocycles. The number of benzene rings is 3. The predicted molar refractivity (Wildman–Crippen MR) is 165 cm³/mol. The molecule has 0 spiro atoms. The van der Waals surface area contributed by atoms with Gasteiger partial charge in [-0.25, -0.2) is 4.79 Å². The maximum absolute atomic E-state index is 13.4. The van der Waals surface area contributed by atoms with Gasteiger partial charge in [0.05, 0.1) is 5.00 Å². The molecule has 0 fully saturated rings. The van der Waals surface area contributed by atoms with E-state index in [9.17, 15) is 14.7 Å². The average molecular weight is 567 g/mol. The first-order valence-electron chi connectivity index (χ1n) is 12.9. The zero-order valence-electron chi connectivity index (χ0n) is 24.5. The first-order chi connectivity index (χ1) is 18.9. The number of nitrogens with zero attached hydrogens (tertiary/aromatic N) is 1. The van der Waals surface area contributed by atoms with Gasteiger partial charge in [-0.1, -0.05) is 60.7 Å². The van der Waals surface area contributed by atoms with E-state index in [1.807, 2.05) is 55.6 Å². The van der Waals surface area contributed by atoms with Crippen molar-refractivity contribution in [2.75, 3.05) is 16.9 Å². The topological polar surface area (TPSA) is 69.6 Å². The van der Waals surface area contributed by atoms with Crippen LogP contribution in [-0.4, -0.2) is 35.0 Å². The molecule has 0 saturated heterocycles. The molecule has 1 aromatic heterocycles. The minimum atomic E-state index is -1.02. The fourth-order valence-corrected chi connectivity index (χ4v) is 6.03. The number of hydrogen-bond donors (Lipinski definition) is 2. The van der Waals surface area contributed by atoms with Crippen LogP contribution in [0.2, 0.25) is 0 Å². The van der Waals surface area contributed by atoms with Crippen molar-refractivity contribution in [1.29, 1.82) is 0 Å². The second-order valence-electron chi connectivity index (χ2n) is 9.59. The van der Waals surface area contributed by atoms with Crippen LogP contribution in [0.5, 0.6) is 0 Å². The largest absolute Gasteiger partial charge is 1.00 e. The summed E-state index contributed by atoms with van der Waals surface area (Å²) in [5.41, 5.74) is 6.83. The molecule has 4 rings (SSSR count). The summed E-state index contributed by atoms with van der Waals surface area (Å²) in [5, 5.41) is 15.8. The van der Waals surface area contributed by atoms with E-state index in [4.69, 9.17) is 0 Å². The fourth-order valence-electron chi connectivity index (χ4n) is 4.63. The van der Waals surface area contributed by atoms with E-state index < -0.39 is 12.0 Å². The van der Waals surface area contributed by atoms with Gasteiger partial charge in [-0.2, -0.15) is 11.8 Å². The number of anilines is 1. The Hall–Kier alpha value is -2.95. The summed E-state index contributed by atoms with van der Waals surface area (Å²) in [5.74, 6) is -0.738. The van der Waals surface area contributed by atoms with Crippen molar-refractivity contribution in [1.82, 2.24) is 5.32 Å². The van der Waals surface area contributed by atoms with E-state index in [-0.39, 0.29) is 26.2 Å². The minimum Gasteiger partial charge on any atom is -1.00 e. The number of thioether (sulfide) groups is 1. The number of carboxylic acid groups (broad SMARTS) is 1. The molecule has 204 valence electrons. The molecule has 1 atom stereocenters. The van der Waals surface area contributed by atoms with Crippen molar-refractivity contribution in [2.45, 2.75) is 39.4 Å². The molecule has 0 aliphatic heterocycles. The van der Waals surface area contributed by atoms with Crippen LogP contribution in [-0.2, 0) is 17.9 Å². The van der Waals surface area contributed by atoms with E-state index in [2.05, 4.69) is 58.9 Å². The van der Waals surface area contributed by atoms with Gasteiger partial charge in [0.2, 0.25) is 0 Å². The maximum atomic E-state index is 13.4. The molecule has 1 unspecified atom stereocenters. The fraction of sp³-hybridized carbons (Fsp3) is 0.250. The van der Waals surface area contributed by atoms with E-state index >= 15 is 0 Å². The van der Waals surface area contributed by atoms with Crippen LogP contribution in [0.1, 0.15) is 40.5 Å². The number of carbonyl (C=O) groups excluding carboxylic acids is 1. The van der Waals surface area contributed by atoms with Crippen molar-refractivity contribution in [3.8, 4) is 11.1 Å². The monoisotopic (exact) mass is 566 g/mol. The van der Waals surface area contributed by atoms with Gasteiger partial charge in [0.25, 0.3) is 5.91 Å². The summed E-state index contributed by atoms with van der Waals surface area (Å²) in [6.45, 7) is 5.59. The van der Waals surface area contributed by atoms with Gasteiger partial charge in [0.1, 0.15) is 6.04 Å². The Morgan fingerprint density at radius 1 is 0.925 bits per heavy atom. The van der Waals surface area contributed by atoms with Crippen molar-refractivity contribution in [2.24, 2.45) is 0 Å². The van der Waals surface area contributed by atoms with Gasteiger partial charge in [0, 0.05) is 18.7 Å². The zero-order valence-corrected chi connectivity index (χ0v) is 25.1. The number of thiophene rings is 1. The molecule has 0 saturated carbocycles. The molecule has 1 heterocycles. The third kappa shape index (κ3) is 8.05. The number of amides is 1. The van der Waals surface area contributed by atoms with Crippen LogP contribution in [0.15, 0.2) is 84.2 Å². The quantitative estimate of drug-likeness (QED) is 0.251. The van der Waals surface area contributed by atoms with Crippen molar-refractivity contribution >= 4 is 40.0 Å². The van der Waals surface area contributed by atoms with Crippen molar-refractivity contribution in [3.05, 3.63) is 112 Å². The van der Waals surface area contributed by atoms with E-state index in [0.29, 0.717) is 24.3 Å². The summed E-state index contributed by atoms with van der Waals surface area (Å²) < 4.78 is 0. The number of nitrogens with one attached hydrogen (secondary N) is 1. The molecule has 40 heavy (non-hydrogen) atoms. The molecule has 5 nitrogen and oxygen atoms in total. The van der Waals surface area contributed by atoms with Gasteiger partial charge in [-0.3, -0.25) is 4.79 Å². The first kappa shape index (κ1) is 31.6. The molecular weight excluding hydrogens is 531 g/mol. The van der Waals surface area contributed by atoms with Crippen LogP contribution < -0.4 is 29.1 Å². The van der Waals surface area contributed by atoms with E-state index in [1.54, 1.807) is 23.1 Å². The number of hydrogen-bond acceptors (Lipinski definition) is 5. The smallest absolute Gasteiger partial charge is 1.00 e. The average Bonchev–Trinajstić information content (AvgIpc) is 3.37. The van der Waals surface area contributed by atoms with Gasteiger partial charge >= 0.3 is 24.8 Å². The number of carboxylic acids is 1. The Balaban J connectivity index is 0.00000294. The van der Waals surface area contributed by atoms with Gasteiger partial charge in [-0.15, -0.1) is 11.3 Å². The SMILES string of the molecule is CSCCC(NC(=O)c1ccc(CN(Cc2ccccc2)c2sccc2C)cc1-c1ccccc1C)C(=O)O.[H-].[Li+]. The molecule has 8 heteroatoms. The Kier molecular flexibility index (Phi) is 12.0. The molecule has 0 bridgehead atoms. The summed E-state index contributed by atoms with van der Waals surface area (Å²) in [4.78, 5) is 27.6. The molecule has 0 aliphatic rings. The standard InChI is InChI=1S/C32H34N2O3S2.Li.H/c1-22-9-7-8-12-26(22)28-19-25(13-14-27(28)30(35)33-29(32(36)37)16-17-38-3)21-34(31-23(2)15-18-39-31)20-24-10-5-4-6-11-24;;/h4-15,18-19,29H,16-17,20-21H2,1-3H3,(H,33,35)(H,36,37);;/q;+1;-1. The molecule has 4 aromatic rings. The normalized spacial score (nSPS) is 11.4. The van der Waals surface area contributed by atoms with Crippen molar-refractivity contribution < 1.29 is 35.0 Å². The third-order valence-corrected chi connectivity index (χ3v) is 8.41. The Morgan fingerprint density at radius 3 is 2.27 bits per heavy atom. The second-order valence-corrected chi connectivity index (χ2v) is 11.5. The summed E-state index contributed by atoms with van der Waals surface area (Å²) >= 11 is 3.29. The summed E-state index contributed by atoms with van der Waals surface area (Å²) in [6.07, 6.45) is 2.29. The Morgan fingerprint density at radius 2 is 1.62 bits per heavy atom. The van der Waals surface area contributed by atoms with Crippen LogP contribution >= 0.6 is 23.1 Å². The van der Waals surface area contributed by atoms with E-state index in [1.165, 1.54) is 16.1 Å². The molecule has 0 radical (unpaired) electrons. The molecule has 0 aliphatic carbocycles. The number of rotatable bonds is 12. The Bertz CT molecular complexity index is 1430. The first-order valence-corrected chi connectivity index (χ1v) is 15.2. The zero-order chi connectivity index (χ0) is 27.8. The van der Waals surface area contributed by atoms with E-state index in [0.717, 1.165) is 28.8 Å². The van der Waals surface area contributed by atoms with Gasteiger partial charge in [0.15, 0.2) is 0 Å². The number of aryl methyl sites for hydroxylation is 2. The van der Waals surface area contributed by atoms with Crippen LogP contribution in [0.4, 0.5) is 5.00 Å². The minimum absolute atomic E-state index is 0.